The van der Waals surface area contributed by atoms with Gasteiger partial charge in [0.15, 0.2) is 0 Å². The first-order chi connectivity index (χ1) is 7.05. The Labute approximate surface area is 91.8 Å². The summed E-state index contributed by atoms with van der Waals surface area (Å²) < 4.78 is 0. The molecule has 0 aliphatic carbocycles. The number of aliphatic carboxylic acids is 1. The van der Waals surface area contributed by atoms with E-state index in [1.54, 1.807) is 0 Å². The average molecular weight is 211 g/mol. The van der Waals surface area contributed by atoms with Crippen LogP contribution in [0.15, 0.2) is 12.7 Å². The molecule has 15 heavy (non-hydrogen) atoms. The Bertz CT molecular complexity index is 242. The zero-order valence-corrected chi connectivity index (χ0v) is 9.70. The molecular weight excluding hydrogens is 190 g/mol. The van der Waals surface area contributed by atoms with Crippen molar-refractivity contribution in [3.8, 4) is 0 Å². The van der Waals surface area contributed by atoms with Gasteiger partial charge in [-0.25, -0.2) is 0 Å². The smallest absolute Gasteiger partial charge is 0.309 e. The summed E-state index contributed by atoms with van der Waals surface area (Å²) in [6, 6.07) is 0.355. The lowest BCUT2D eigenvalue weighted by Gasteiger charge is -2.40. The molecule has 3 heteroatoms. The van der Waals surface area contributed by atoms with Crippen molar-refractivity contribution in [2.75, 3.05) is 13.1 Å². The number of carboxylic acids is 1. The maximum Gasteiger partial charge on any atom is 0.309 e. The van der Waals surface area contributed by atoms with Crippen molar-refractivity contribution in [3.63, 3.8) is 0 Å². The average Bonchev–Trinajstić information content (AvgIpc) is 2.28. The van der Waals surface area contributed by atoms with Gasteiger partial charge < -0.3 is 5.11 Å². The van der Waals surface area contributed by atoms with Gasteiger partial charge in [0, 0.05) is 6.04 Å². The molecule has 3 nitrogen and oxygen atoms in total. The second-order valence-corrected chi connectivity index (χ2v) is 4.45. The van der Waals surface area contributed by atoms with Crippen molar-refractivity contribution in [2.45, 2.75) is 39.2 Å². The summed E-state index contributed by atoms with van der Waals surface area (Å²) in [7, 11) is 0. The quantitative estimate of drug-likeness (QED) is 0.724. The first-order valence-electron chi connectivity index (χ1n) is 5.66. The minimum Gasteiger partial charge on any atom is -0.481 e. The Morgan fingerprint density at radius 1 is 1.60 bits per heavy atom. The number of carboxylic acid groups (broad SMARTS) is 1. The minimum atomic E-state index is -0.629. The Balaban J connectivity index is 2.61. The summed E-state index contributed by atoms with van der Waals surface area (Å²) in [4.78, 5) is 13.5. The molecule has 1 N–H and O–H groups in total. The summed E-state index contributed by atoms with van der Waals surface area (Å²) in [6.07, 6.45) is 4.17. The molecule has 1 aliphatic rings. The van der Waals surface area contributed by atoms with Crippen LogP contribution in [0, 0.1) is 5.41 Å². The Morgan fingerprint density at radius 3 is 2.47 bits per heavy atom. The van der Waals surface area contributed by atoms with Crippen LogP contribution in [0.4, 0.5) is 0 Å². The van der Waals surface area contributed by atoms with Crippen LogP contribution in [-0.2, 0) is 4.79 Å². The highest BCUT2D eigenvalue weighted by atomic mass is 16.4. The van der Waals surface area contributed by atoms with E-state index >= 15 is 0 Å². The number of rotatable bonds is 4. The minimum absolute atomic E-state index is 0.355. The molecule has 0 aromatic heterocycles. The monoisotopic (exact) mass is 211 g/mol. The van der Waals surface area contributed by atoms with Crippen LogP contribution in [0.1, 0.15) is 33.1 Å². The molecular formula is C12H21NO2. The zero-order chi connectivity index (χ0) is 11.5. The summed E-state index contributed by atoms with van der Waals surface area (Å²) in [5.41, 5.74) is -0.475. The predicted octanol–water partition coefficient (Wildman–Crippen LogP) is 2.14. The van der Waals surface area contributed by atoms with E-state index in [9.17, 15) is 9.90 Å². The molecule has 0 amide bonds. The second-order valence-electron chi connectivity index (χ2n) is 4.45. The first-order valence-corrected chi connectivity index (χ1v) is 5.66. The summed E-state index contributed by atoms with van der Waals surface area (Å²) in [6.45, 7) is 9.58. The fraction of sp³-hybridized carbons (Fsp3) is 0.750. The fourth-order valence-corrected chi connectivity index (χ4v) is 2.23. The van der Waals surface area contributed by atoms with Crippen molar-refractivity contribution < 1.29 is 9.90 Å². The van der Waals surface area contributed by atoms with Crippen LogP contribution in [-0.4, -0.2) is 35.1 Å². The van der Waals surface area contributed by atoms with Crippen LogP contribution < -0.4 is 0 Å². The molecule has 1 atom stereocenters. The molecule has 0 aromatic rings. The molecule has 0 aromatic carbocycles. The van der Waals surface area contributed by atoms with Gasteiger partial charge in [-0.15, -0.1) is 6.58 Å². The third kappa shape index (κ3) is 2.40. The zero-order valence-electron chi connectivity index (χ0n) is 9.70. The van der Waals surface area contributed by atoms with E-state index < -0.39 is 11.4 Å². The van der Waals surface area contributed by atoms with Gasteiger partial charge in [0.05, 0.1) is 5.41 Å². The predicted molar refractivity (Wildman–Crippen MR) is 60.8 cm³/mol. The first kappa shape index (κ1) is 12.2. The van der Waals surface area contributed by atoms with Gasteiger partial charge in [0.25, 0.3) is 0 Å². The van der Waals surface area contributed by atoms with Crippen LogP contribution in [0.5, 0.6) is 0 Å². The number of likely N-dealkylation sites (tertiary alicyclic amines) is 1. The van der Waals surface area contributed by atoms with E-state index in [4.69, 9.17) is 0 Å². The highest BCUT2D eigenvalue weighted by Crippen LogP contribution is 2.35. The van der Waals surface area contributed by atoms with Gasteiger partial charge in [-0.1, -0.05) is 13.0 Å². The number of carbonyl (C=O) groups is 1. The standard InChI is InChI=1S/C12H21NO2/c1-4-10(3)13-8-6-12(5-2,7-9-13)11(14)15/h4,10H,1,5-9H2,2-3H3,(H,14,15). The van der Waals surface area contributed by atoms with Crippen molar-refractivity contribution in [1.82, 2.24) is 4.90 Å². The molecule has 0 saturated carbocycles. The van der Waals surface area contributed by atoms with Gasteiger partial charge in [0.1, 0.15) is 0 Å². The normalized spacial score (nSPS) is 23.3. The lowest BCUT2D eigenvalue weighted by molar-refractivity contribution is -0.152. The SMILES string of the molecule is C=CC(C)N1CCC(CC)(C(=O)O)CC1. The van der Waals surface area contributed by atoms with Crippen molar-refractivity contribution in [3.05, 3.63) is 12.7 Å². The molecule has 1 heterocycles. The summed E-state index contributed by atoms with van der Waals surface area (Å²) in [5.74, 6) is -0.629. The molecule has 0 radical (unpaired) electrons. The van der Waals surface area contributed by atoms with Crippen molar-refractivity contribution in [1.29, 1.82) is 0 Å². The molecule has 1 rings (SSSR count). The lowest BCUT2D eigenvalue weighted by atomic mass is 9.76. The number of hydrogen-bond acceptors (Lipinski definition) is 2. The van der Waals surface area contributed by atoms with Gasteiger partial charge in [-0.05, 0) is 39.3 Å². The van der Waals surface area contributed by atoms with E-state index in [2.05, 4.69) is 18.4 Å². The number of hydrogen-bond donors (Lipinski definition) is 1. The van der Waals surface area contributed by atoms with Gasteiger partial charge in [-0.2, -0.15) is 0 Å². The lowest BCUT2D eigenvalue weighted by Crippen LogP contribution is -2.46. The van der Waals surface area contributed by atoms with Crippen molar-refractivity contribution in [2.24, 2.45) is 5.41 Å². The number of piperidine rings is 1. The fourth-order valence-electron chi connectivity index (χ4n) is 2.23. The van der Waals surface area contributed by atoms with Gasteiger partial charge >= 0.3 is 5.97 Å². The summed E-state index contributed by atoms with van der Waals surface area (Å²) >= 11 is 0. The van der Waals surface area contributed by atoms with Crippen LogP contribution in [0.2, 0.25) is 0 Å². The highest BCUT2D eigenvalue weighted by Gasteiger charge is 2.40. The van der Waals surface area contributed by atoms with Crippen LogP contribution in [0.25, 0.3) is 0 Å². The van der Waals surface area contributed by atoms with Crippen molar-refractivity contribution >= 4 is 5.97 Å². The van der Waals surface area contributed by atoms with Crippen LogP contribution >= 0.6 is 0 Å². The largest absolute Gasteiger partial charge is 0.481 e. The van der Waals surface area contributed by atoms with E-state index in [0.29, 0.717) is 6.04 Å². The molecule has 86 valence electrons. The number of nitrogens with zero attached hydrogens (tertiary/aromatic N) is 1. The molecule has 0 bridgehead atoms. The second kappa shape index (κ2) is 4.79. The topological polar surface area (TPSA) is 40.5 Å². The van der Waals surface area contributed by atoms with E-state index in [-0.39, 0.29) is 0 Å². The molecule has 1 fully saturated rings. The van der Waals surface area contributed by atoms with Gasteiger partial charge in [-0.3, -0.25) is 9.69 Å². The van der Waals surface area contributed by atoms with Gasteiger partial charge in [0.2, 0.25) is 0 Å². The maximum absolute atomic E-state index is 11.2. The third-order valence-corrected chi connectivity index (χ3v) is 3.80. The molecule has 1 aliphatic heterocycles. The van der Waals surface area contributed by atoms with E-state index in [1.165, 1.54) is 0 Å². The Kier molecular flexibility index (Phi) is 3.91. The van der Waals surface area contributed by atoms with E-state index in [1.807, 2.05) is 13.0 Å². The Morgan fingerprint density at radius 2 is 2.13 bits per heavy atom. The van der Waals surface area contributed by atoms with Crippen LogP contribution in [0.3, 0.4) is 0 Å². The highest BCUT2D eigenvalue weighted by molar-refractivity contribution is 5.74. The molecule has 1 saturated heterocycles. The third-order valence-electron chi connectivity index (χ3n) is 3.80. The Hall–Kier alpha value is -0.830. The molecule has 1 unspecified atom stereocenters. The summed E-state index contributed by atoms with van der Waals surface area (Å²) in [5, 5.41) is 9.23. The maximum atomic E-state index is 11.2. The van der Waals surface area contributed by atoms with E-state index in [0.717, 1.165) is 32.4 Å². The molecule has 0 spiro atoms.